The van der Waals surface area contributed by atoms with Crippen molar-refractivity contribution in [2.45, 2.75) is 18.7 Å². The van der Waals surface area contributed by atoms with Gasteiger partial charge in [0.1, 0.15) is 0 Å². The van der Waals surface area contributed by atoms with E-state index in [0.717, 1.165) is 5.56 Å². The lowest BCUT2D eigenvalue weighted by molar-refractivity contribution is 0.597. The second kappa shape index (κ2) is 6.72. The molecule has 0 saturated carbocycles. The molecule has 0 atom stereocenters. The van der Waals surface area contributed by atoms with E-state index in [4.69, 9.17) is 0 Å². The normalized spacial score (nSPS) is 12.1. The van der Waals surface area contributed by atoms with Gasteiger partial charge in [-0.15, -0.1) is 0 Å². The summed E-state index contributed by atoms with van der Waals surface area (Å²) >= 11 is 0. The van der Waals surface area contributed by atoms with Gasteiger partial charge in [-0.1, -0.05) is 49.4 Å². The van der Waals surface area contributed by atoms with Crippen LogP contribution in [0.5, 0.6) is 0 Å². The summed E-state index contributed by atoms with van der Waals surface area (Å²) in [5, 5.41) is 0. The first-order chi connectivity index (χ1) is 10.8. The van der Waals surface area contributed by atoms with Gasteiger partial charge >= 0.3 is 0 Å². The molecule has 0 aliphatic carbocycles. The smallest absolute Gasteiger partial charge is 0.232 e. The number of benzene rings is 2. The van der Waals surface area contributed by atoms with Crippen molar-refractivity contribution in [1.29, 1.82) is 0 Å². The molecule has 7 heteroatoms. The molecule has 2 aromatic rings. The molecule has 0 unspecified atom stereocenters. The minimum atomic E-state index is -3.61. The van der Waals surface area contributed by atoms with Crippen molar-refractivity contribution in [2.24, 2.45) is 0 Å². The summed E-state index contributed by atoms with van der Waals surface area (Å²) < 4.78 is 51.2. The summed E-state index contributed by atoms with van der Waals surface area (Å²) in [6.45, 7) is 3.03. The van der Waals surface area contributed by atoms with Gasteiger partial charge in [0, 0.05) is 5.56 Å². The van der Waals surface area contributed by atoms with Gasteiger partial charge in [0.25, 0.3) is 0 Å². The van der Waals surface area contributed by atoms with E-state index >= 15 is 0 Å². The van der Waals surface area contributed by atoms with Gasteiger partial charge in [0.05, 0.1) is 22.1 Å². The topological polar surface area (TPSA) is 80.3 Å². The van der Waals surface area contributed by atoms with Crippen LogP contribution in [0.4, 0.5) is 5.69 Å². The Hall–Kier alpha value is -1.86. The Morgan fingerprint density at radius 3 is 2.04 bits per heavy atom. The summed E-state index contributed by atoms with van der Waals surface area (Å²) in [6, 6.07) is 13.8. The van der Waals surface area contributed by atoms with Crippen molar-refractivity contribution in [2.75, 3.05) is 16.2 Å². The van der Waals surface area contributed by atoms with Crippen molar-refractivity contribution in [3.8, 4) is 11.1 Å². The molecular weight excluding hydrogens is 334 g/mol. The monoisotopic (exact) mass is 353 g/mol. The molecule has 0 aromatic heterocycles. The molecule has 0 saturated heterocycles. The Morgan fingerprint density at radius 1 is 0.826 bits per heavy atom. The van der Waals surface area contributed by atoms with Gasteiger partial charge < -0.3 is 0 Å². The van der Waals surface area contributed by atoms with E-state index < -0.39 is 19.9 Å². The lowest BCUT2D eigenvalue weighted by atomic mass is 10.0. The van der Waals surface area contributed by atoms with Crippen LogP contribution in [0.1, 0.15) is 13.8 Å². The van der Waals surface area contributed by atoms with Gasteiger partial charge in [0.15, 0.2) is 9.84 Å². The fourth-order valence-corrected chi connectivity index (χ4v) is 3.95. The molecule has 0 amide bonds. The number of hydrogen-bond acceptors (Lipinski definition) is 4. The zero-order chi connectivity index (χ0) is 17.1. The molecule has 124 valence electrons. The van der Waals surface area contributed by atoms with E-state index in [2.05, 4.69) is 4.72 Å². The molecule has 0 fully saturated rings. The maximum Gasteiger partial charge on any atom is 0.232 e. The molecule has 0 spiro atoms. The van der Waals surface area contributed by atoms with Crippen LogP contribution in [-0.2, 0) is 19.9 Å². The molecule has 0 bridgehead atoms. The third-order valence-corrected chi connectivity index (χ3v) is 6.51. The van der Waals surface area contributed by atoms with E-state index in [0.29, 0.717) is 5.56 Å². The Bertz CT molecular complexity index is 889. The number of rotatable bonds is 6. The second-order valence-corrected chi connectivity index (χ2v) is 9.21. The number of anilines is 1. The van der Waals surface area contributed by atoms with Crippen molar-refractivity contribution in [3.63, 3.8) is 0 Å². The van der Waals surface area contributed by atoms with Crippen LogP contribution < -0.4 is 4.72 Å². The Labute approximate surface area is 137 Å². The van der Waals surface area contributed by atoms with E-state index in [1.165, 1.54) is 19.9 Å². The molecule has 2 aromatic carbocycles. The summed E-state index contributed by atoms with van der Waals surface area (Å²) in [6.07, 6.45) is 0. The highest BCUT2D eigenvalue weighted by atomic mass is 32.2. The molecule has 5 nitrogen and oxygen atoms in total. The number of sulfonamides is 1. The fraction of sp³-hybridized carbons (Fsp3) is 0.250. The van der Waals surface area contributed by atoms with Crippen molar-refractivity contribution in [1.82, 2.24) is 0 Å². The summed E-state index contributed by atoms with van der Waals surface area (Å²) in [7, 11) is -7.18. The van der Waals surface area contributed by atoms with Gasteiger partial charge in [-0.3, -0.25) is 4.72 Å². The molecule has 23 heavy (non-hydrogen) atoms. The van der Waals surface area contributed by atoms with Crippen molar-refractivity contribution < 1.29 is 16.8 Å². The Kier molecular flexibility index (Phi) is 5.11. The lowest BCUT2D eigenvalue weighted by Crippen LogP contribution is -2.18. The quantitative estimate of drug-likeness (QED) is 0.866. The third-order valence-electron chi connectivity index (χ3n) is 3.46. The van der Waals surface area contributed by atoms with Crippen LogP contribution in [-0.4, -0.2) is 28.3 Å². The predicted octanol–water partition coefficient (Wildman–Crippen LogP) is 2.91. The van der Waals surface area contributed by atoms with E-state index in [9.17, 15) is 16.8 Å². The number of nitrogens with one attached hydrogen (secondary N) is 1. The average molecular weight is 353 g/mol. The minimum absolute atomic E-state index is 0.00150. The standard InChI is InChI=1S/C16H19NO4S2/c1-3-22(18,19)15-12-8-11-14(13-9-6-5-7-10-13)16(15)17-23(20,21)4-2/h5-12,17H,3-4H2,1-2H3. The second-order valence-electron chi connectivity index (χ2n) is 4.95. The maximum absolute atomic E-state index is 12.3. The largest absolute Gasteiger partial charge is 0.282 e. The van der Waals surface area contributed by atoms with Gasteiger partial charge in [0.2, 0.25) is 10.0 Å². The molecule has 2 rings (SSSR count). The van der Waals surface area contributed by atoms with Crippen LogP contribution in [0, 0.1) is 0 Å². The minimum Gasteiger partial charge on any atom is -0.282 e. The summed E-state index contributed by atoms with van der Waals surface area (Å²) in [5.74, 6) is -0.242. The van der Waals surface area contributed by atoms with Gasteiger partial charge in [-0.05, 0) is 18.6 Å². The zero-order valence-corrected chi connectivity index (χ0v) is 14.6. The highest BCUT2D eigenvalue weighted by Crippen LogP contribution is 2.34. The predicted molar refractivity (Wildman–Crippen MR) is 92.7 cm³/mol. The fourth-order valence-electron chi connectivity index (χ4n) is 2.14. The van der Waals surface area contributed by atoms with E-state index in [1.54, 1.807) is 24.3 Å². The highest BCUT2D eigenvalue weighted by molar-refractivity contribution is 7.93. The van der Waals surface area contributed by atoms with Gasteiger partial charge in [-0.25, -0.2) is 16.8 Å². The zero-order valence-electron chi connectivity index (χ0n) is 13.0. The third kappa shape index (κ3) is 3.92. The molecule has 0 aliphatic rings. The van der Waals surface area contributed by atoms with Crippen LogP contribution in [0.2, 0.25) is 0 Å². The SMILES string of the molecule is CCS(=O)(=O)Nc1c(-c2ccccc2)cccc1S(=O)(=O)CC. The summed E-state index contributed by atoms with van der Waals surface area (Å²) in [5.41, 5.74) is 1.40. The Balaban J connectivity index is 2.76. The number of hydrogen-bond donors (Lipinski definition) is 1. The summed E-state index contributed by atoms with van der Waals surface area (Å²) in [4.78, 5) is -0.00150. The highest BCUT2D eigenvalue weighted by Gasteiger charge is 2.22. The van der Waals surface area contributed by atoms with E-state index in [-0.39, 0.29) is 22.1 Å². The van der Waals surface area contributed by atoms with Crippen molar-refractivity contribution in [3.05, 3.63) is 48.5 Å². The molecule has 0 aliphatic heterocycles. The van der Waals surface area contributed by atoms with Crippen LogP contribution in [0.15, 0.2) is 53.4 Å². The van der Waals surface area contributed by atoms with Crippen molar-refractivity contribution >= 4 is 25.5 Å². The first-order valence-corrected chi connectivity index (χ1v) is 10.5. The first kappa shape index (κ1) is 17.5. The molecular formula is C16H19NO4S2. The van der Waals surface area contributed by atoms with Crippen LogP contribution in [0.25, 0.3) is 11.1 Å². The average Bonchev–Trinajstić information content (AvgIpc) is 2.55. The Morgan fingerprint density at radius 2 is 1.48 bits per heavy atom. The molecule has 1 N–H and O–H groups in total. The number of sulfone groups is 1. The van der Waals surface area contributed by atoms with Gasteiger partial charge in [-0.2, -0.15) is 0 Å². The maximum atomic E-state index is 12.3. The first-order valence-electron chi connectivity index (χ1n) is 7.22. The number of para-hydroxylation sites is 1. The molecule has 0 heterocycles. The van der Waals surface area contributed by atoms with Crippen LogP contribution >= 0.6 is 0 Å². The van der Waals surface area contributed by atoms with Crippen LogP contribution in [0.3, 0.4) is 0 Å². The van der Waals surface area contributed by atoms with E-state index in [1.807, 2.05) is 18.2 Å². The lowest BCUT2D eigenvalue weighted by Gasteiger charge is -2.16. The molecule has 0 radical (unpaired) electrons.